The van der Waals surface area contributed by atoms with E-state index < -0.39 is 10.0 Å². The minimum absolute atomic E-state index is 0.00741. The zero-order valence-corrected chi connectivity index (χ0v) is 14.1. The predicted molar refractivity (Wildman–Crippen MR) is 82.2 cm³/mol. The highest BCUT2D eigenvalue weighted by atomic mass is 79.9. The smallest absolute Gasteiger partial charge is 0.242 e. The van der Waals surface area contributed by atoms with Gasteiger partial charge in [-0.25, -0.2) is 18.1 Å². The molecule has 1 atom stereocenters. The van der Waals surface area contributed by atoms with Gasteiger partial charge in [-0.1, -0.05) is 18.0 Å². The summed E-state index contributed by atoms with van der Waals surface area (Å²) in [5.41, 5.74) is 0. The Morgan fingerprint density at radius 1 is 1.53 bits per heavy atom. The molecular formula is C11H14BrClN2O2S2. The molecule has 1 N–H and O–H groups in total. The molecule has 1 unspecified atom stereocenters. The Morgan fingerprint density at radius 2 is 2.32 bits per heavy atom. The van der Waals surface area contributed by atoms with Crippen LogP contribution >= 0.6 is 39.3 Å². The van der Waals surface area contributed by atoms with Crippen molar-refractivity contribution in [3.8, 4) is 0 Å². The van der Waals surface area contributed by atoms with Gasteiger partial charge in [-0.05, 0) is 40.6 Å². The van der Waals surface area contributed by atoms with Crippen LogP contribution in [0.3, 0.4) is 0 Å². The Labute approximate surface area is 130 Å². The Morgan fingerprint density at radius 3 is 3.00 bits per heavy atom. The molecule has 2 heterocycles. The quantitative estimate of drug-likeness (QED) is 0.809. The number of nitrogens with one attached hydrogen (secondary N) is 1. The number of halogens is 2. The molecule has 1 aromatic heterocycles. The van der Waals surface area contributed by atoms with Crippen LogP contribution in [0, 0.1) is 0 Å². The lowest BCUT2D eigenvalue weighted by Gasteiger charge is -2.21. The second-order valence-corrected chi connectivity index (χ2v) is 8.70. The van der Waals surface area contributed by atoms with Gasteiger partial charge in [0.15, 0.2) is 0 Å². The van der Waals surface area contributed by atoms with Gasteiger partial charge in [0.25, 0.3) is 0 Å². The third-order valence-electron chi connectivity index (χ3n) is 2.84. The molecule has 1 saturated heterocycles. The van der Waals surface area contributed by atoms with Gasteiger partial charge in [0.2, 0.25) is 10.0 Å². The first-order valence-corrected chi connectivity index (χ1v) is 9.61. The van der Waals surface area contributed by atoms with Gasteiger partial charge < -0.3 is 0 Å². The molecule has 0 saturated carbocycles. The second-order valence-electron chi connectivity index (χ2n) is 4.28. The lowest BCUT2D eigenvalue weighted by molar-refractivity contribution is 0.573. The van der Waals surface area contributed by atoms with Gasteiger partial charge in [0, 0.05) is 22.5 Å². The largest absolute Gasteiger partial charge is 0.243 e. The van der Waals surface area contributed by atoms with Gasteiger partial charge in [0.05, 0.1) is 0 Å². The van der Waals surface area contributed by atoms with Gasteiger partial charge in [0.1, 0.15) is 10.0 Å². The highest BCUT2D eigenvalue weighted by Gasteiger charge is 2.22. The van der Waals surface area contributed by atoms with E-state index in [1.54, 1.807) is 0 Å². The fraction of sp³-hybridized carbons (Fsp3) is 0.545. The van der Waals surface area contributed by atoms with E-state index in [-0.39, 0.29) is 10.0 Å². The standard InChI is InChI=1S/C11H14BrClN2O2S2/c12-8-5-10(11(13)14-6-8)19(16,17)15-7-9-3-1-2-4-18-9/h5-6,9,15H,1-4,7H2. The zero-order chi connectivity index (χ0) is 13.9. The van der Waals surface area contributed by atoms with Gasteiger partial charge >= 0.3 is 0 Å². The molecule has 0 aromatic carbocycles. The van der Waals surface area contributed by atoms with Crippen molar-refractivity contribution in [3.05, 3.63) is 21.9 Å². The molecule has 19 heavy (non-hydrogen) atoms. The van der Waals surface area contributed by atoms with E-state index >= 15 is 0 Å². The van der Waals surface area contributed by atoms with Crippen LogP contribution in [0.25, 0.3) is 0 Å². The number of pyridine rings is 1. The number of aromatic nitrogens is 1. The molecule has 1 aromatic rings. The van der Waals surface area contributed by atoms with Gasteiger partial charge in [-0.2, -0.15) is 11.8 Å². The lowest BCUT2D eigenvalue weighted by atomic mass is 10.2. The van der Waals surface area contributed by atoms with E-state index in [0.29, 0.717) is 16.3 Å². The van der Waals surface area contributed by atoms with E-state index in [1.807, 2.05) is 11.8 Å². The van der Waals surface area contributed by atoms with Crippen LogP contribution in [0.2, 0.25) is 5.15 Å². The molecule has 4 nitrogen and oxygen atoms in total. The predicted octanol–water partition coefficient (Wildman–Crippen LogP) is 3.06. The third kappa shape index (κ3) is 4.32. The topological polar surface area (TPSA) is 59.1 Å². The maximum atomic E-state index is 12.2. The summed E-state index contributed by atoms with van der Waals surface area (Å²) in [6.07, 6.45) is 4.91. The average Bonchev–Trinajstić information content (AvgIpc) is 2.40. The number of rotatable bonds is 4. The third-order valence-corrected chi connectivity index (χ3v) is 6.52. The van der Waals surface area contributed by atoms with E-state index in [1.165, 1.54) is 25.1 Å². The minimum Gasteiger partial charge on any atom is -0.242 e. The van der Waals surface area contributed by atoms with E-state index in [2.05, 4.69) is 25.6 Å². The zero-order valence-electron chi connectivity index (χ0n) is 10.1. The molecule has 2 rings (SSSR count). The van der Waals surface area contributed by atoms with Crippen molar-refractivity contribution < 1.29 is 8.42 Å². The summed E-state index contributed by atoms with van der Waals surface area (Å²) in [4.78, 5) is 3.85. The van der Waals surface area contributed by atoms with Crippen LogP contribution in [0.15, 0.2) is 21.6 Å². The van der Waals surface area contributed by atoms with Crippen LogP contribution in [-0.2, 0) is 10.0 Å². The van der Waals surface area contributed by atoms with Crippen LogP contribution in [0.5, 0.6) is 0 Å². The first-order chi connectivity index (χ1) is 8.99. The molecular weight excluding hydrogens is 372 g/mol. The summed E-state index contributed by atoms with van der Waals surface area (Å²) in [6, 6.07) is 1.46. The summed E-state index contributed by atoms with van der Waals surface area (Å²) in [5, 5.41) is 0.342. The fourth-order valence-electron chi connectivity index (χ4n) is 1.84. The Hall–Kier alpha value is 0.180. The Kier molecular flexibility index (Phi) is 5.54. The van der Waals surface area contributed by atoms with E-state index in [9.17, 15) is 8.42 Å². The number of sulfonamides is 1. The van der Waals surface area contributed by atoms with E-state index in [0.717, 1.165) is 12.2 Å². The number of hydrogen-bond donors (Lipinski definition) is 1. The summed E-state index contributed by atoms with van der Waals surface area (Å²) in [7, 11) is -3.60. The van der Waals surface area contributed by atoms with Crippen molar-refractivity contribution in [3.63, 3.8) is 0 Å². The van der Waals surface area contributed by atoms with Crippen LogP contribution in [0.4, 0.5) is 0 Å². The molecule has 106 valence electrons. The molecule has 8 heteroatoms. The molecule has 0 aliphatic carbocycles. The Balaban J connectivity index is 2.07. The molecule has 0 spiro atoms. The molecule has 0 amide bonds. The highest BCUT2D eigenvalue weighted by molar-refractivity contribution is 9.10. The lowest BCUT2D eigenvalue weighted by Crippen LogP contribution is -2.32. The van der Waals surface area contributed by atoms with Crippen molar-refractivity contribution >= 4 is 49.3 Å². The number of hydrogen-bond acceptors (Lipinski definition) is 4. The summed E-state index contributed by atoms with van der Waals surface area (Å²) in [6.45, 7) is 0.440. The minimum atomic E-state index is -3.60. The van der Waals surface area contributed by atoms with Crippen molar-refractivity contribution in [2.45, 2.75) is 29.4 Å². The van der Waals surface area contributed by atoms with Crippen molar-refractivity contribution in [1.29, 1.82) is 0 Å². The molecule has 1 aliphatic rings. The maximum Gasteiger partial charge on any atom is 0.243 e. The van der Waals surface area contributed by atoms with Crippen LogP contribution in [0.1, 0.15) is 19.3 Å². The molecule has 0 bridgehead atoms. The summed E-state index contributed by atoms with van der Waals surface area (Å²) < 4.78 is 27.6. The monoisotopic (exact) mass is 384 g/mol. The van der Waals surface area contributed by atoms with Gasteiger partial charge in [-0.15, -0.1) is 0 Å². The molecule has 0 radical (unpaired) electrons. The number of thioether (sulfide) groups is 1. The maximum absolute atomic E-state index is 12.2. The van der Waals surface area contributed by atoms with Gasteiger partial charge in [-0.3, -0.25) is 0 Å². The van der Waals surface area contributed by atoms with Crippen molar-refractivity contribution in [2.75, 3.05) is 12.3 Å². The average molecular weight is 386 g/mol. The highest BCUT2D eigenvalue weighted by Crippen LogP contribution is 2.26. The van der Waals surface area contributed by atoms with Crippen molar-refractivity contribution in [1.82, 2.24) is 9.71 Å². The van der Waals surface area contributed by atoms with Crippen LogP contribution in [-0.4, -0.2) is 30.9 Å². The summed E-state index contributed by atoms with van der Waals surface area (Å²) in [5.74, 6) is 1.10. The van der Waals surface area contributed by atoms with E-state index in [4.69, 9.17) is 11.6 Å². The molecule has 1 aliphatic heterocycles. The van der Waals surface area contributed by atoms with Crippen molar-refractivity contribution in [2.24, 2.45) is 0 Å². The first-order valence-electron chi connectivity index (χ1n) is 5.91. The first kappa shape index (κ1) is 15.6. The molecule has 1 fully saturated rings. The van der Waals surface area contributed by atoms with Crippen LogP contribution < -0.4 is 4.72 Å². The second kappa shape index (κ2) is 6.76. The fourth-order valence-corrected chi connectivity index (χ4v) is 5.21. The summed E-state index contributed by atoms with van der Waals surface area (Å²) >= 11 is 10.9. The normalized spacial score (nSPS) is 20.4. The Bertz CT molecular complexity index is 548. The SMILES string of the molecule is O=S(=O)(NCC1CCCCS1)c1cc(Br)cnc1Cl. The number of nitrogens with zero attached hydrogens (tertiary/aromatic N) is 1.